The summed E-state index contributed by atoms with van der Waals surface area (Å²) in [7, 11) is 1.90. The van der Waals surface area contributed by atoms with Crippen molar-refractivity contribution in [2.45, 2.75) is 44.8 Å². The molecule has 0 spiro atoms. The number of aryl methyl sites for hydroxylation is 1. The Morgan fingerprint density at radius 2 is 2.28 bits per heavy atom. The minimum Gasteiger partial charge on any atom is -0.459 e. The van der Waals surface area contributed by atoms with E-state index in [0.29, 0.717) is 5.92 Å². The standard InChI is InChI=1S/C13H21N3O2/c1-13(2,3)18-12(17)11-7-9(8-14-11)10-5-6-16(4)15-10/h5-6,9,11,14H,7-8H2,1-4H3/t9?,11-/m0/s1. The van der Waals surface area contributed by atoms with E-state index in [1.54, 1.807) is 4.68 Å². The van der Waals surface area contributed by atoms with Crippen molar-refractivity contribution in [3.05, 3.63) is 18.0 Å². The smallest absolute Gasteiger partial charge is 0.323 e. The van der Waals surface area contributed by atoms with Crippen molar-refractivity contribution in [2.75, 3.05) is 6.54 Å². The van der Waals surface area contributed by atoms with Crippen LogP contribution in [0.1, 0.15) is 38.8 Å². The van der Waals surface area contributed by atoms with Crippen LogP contribution in [0.3, 0.4) is 0 Å². The molecule has 5 nitrogen and oxygen atoms in total. The lowest BCUT2D eigenvalue weighted by Crippen LogP contribution is -2.37. The SMILES string of the molecule is Cn1ccc(C2CN[C@H](C(=O)OC(C)(C)C)C2)n1. The number of esters is 1. The zero-order valence-electron chi connectivity index (χ0n) is 11.4. The fraction of sp³-hybridized carbons (Fsp3) is 0.692. The monoisotopic (exact) mass is 251 g/mol. The van der Waals surface area contributed by atoms with Gasteiger partial charge in [0.25, 0.3) is 0 Å². The zero-order chi connectivity index (χ0) is 13.3. The van der Waals surface area contributed by atoms with Crippen LogP contribution in [-0.4, -0.2) is 33.9 Å². The Morgan fingerprint density at radius 3 is 2.83 bits per heavy atom. The molecule has 1 aromatic rings. The van der Waals surface area contributed by atoms with Gasteiger partial charge in [-0.15, -0.1) is 0 Å². The van der Waals surface area contributed by atoms with E-state index in [1.165, 1.54) is 0 Å². The molecule has 0 saturated carbocycles. The van der Waals surface area contributed by atoms with Gasteiger partial charge in [0.2, 0.25) is 0 Å². The minimum absolute atomic E-state index is 0.166. The Morgan fingerprint density at radius 1 is 1.56 bits per heavy atom. The second-order valence-electron chi connectivity index (χ2n) is 5.84. The van der Waals surface area contributed by atoms with Crippen molar-refractivity contribution < 1.29 is 9.53 Å². The molecule has 1 N–H and O–H groups in total. The number of hydrogen-bond donors (Lipinski definition) is 1. The molecular weight excluding hydrogens is 230 g/mol. The summed E-state index contributed by atoms with van der Waals surface area (Å²) in [6.45, 7) is 6.43. The lowest BCUT2D eigenvalue weighted by Gasteiger charge is -2.22. The van der Waals surface area contributed by atoms with E-state index in [1.807, 2.05) is 40.1 Å². The molecule has 0 aromatic carbocycles. The zero-order valence-corrected chi connectivity index (χ0v) is 11.4. The molecule has 1 fully saturated rings. The van der Waals surface area contributed by atoms with Crippen LogP contribution in [0.5, 0.6) is 0 Å². The van der Waals surface area contributed by atoms with E-state index in [0.717, 1.165) is 18.7 Å². The molecule has 1 unspecified atom stereocenters. The van der Waals surface area contributed by atoms with Gasteiger partial charge in [-0.2, -0.15) is 5.10 Å². The summed E-state index contributed by atoms with van der Waals surface area (Å²) in [6, 6.07) is 1.79. The maximum absolute atomic E-state index is 11.9. The van der Waals surface area contributed by atoms with Crippen LogP contribution in [0.4, 0.5) is 0 Å². The Hall–Kier alpha value is -1.36. The fourth-order valence-corrected chi connectivity index (χ4v) is 2.16. The first-order chi connectivity index (χ1) is 8.35. The number of hydrogen-bond acceptors (Lipinski definition) is 4. The molecule has 2 heterocycles. The first kappa shape index (κ1) is 13.1. The predicted octanol–water partition coefficient (Wildman–Crippen LogP) is 1.21. The Balaban J connectivity index is 1.94. The van der Waals surface area contributed by atoms with E-state index in [9.17, 15) is 4.79 Å². The predicted molar refractivity (Wildman–Crippen MR) is 68.2 cm³/mol. The van der Waals surface area contributed by atoms with Gasteiger partial charge in [-0.1, -0.05) is 0 Å². The number of nitrogens with one attached hydrogen (secondary N) is 1. The second-order valence-corrected chi connectivity index (χ2v) is 5.84. The molecule has 2 rings (SSSR count). The van der Waals surface area contributed by atoms with Crippen LogP contribution in [-0.2, 0) is 16.6 Å². The van der Waals surface area contributed by atoms with Gasteiger partial charge >= 0.3 is 5.97 Å². The second kappa shape index (κ2) is 4.72. The third-order valence-corrected chi connectivity index (χ3v) is 2.97. The van der Waals surface area contributed by atoms with Crippen molar-refractivity contribution in [3.63, 3.8) is 0 Å². The largest absolute Gasteiger partial charge is 0.459 e. The molecule has 2 atom stereocenters. The first-order valence-corrected chi connectivity index (χ1v) is 6.31. The van der Waals surface area contributed by atoms with E-state index < -0.39 is 5.60 Å². The van der Waals surface area contributed by atoms with E-state index in [2.05, 4.69) is 10.4 Å². The summed E-state index contributed by atoms with van der Waals surface area (Å²) >= 11 is 0. The van der Waals surface area contributed by atoms with Gasteiger partial charge in [0.15, 0.2) is 0 Å². The van der Waals surface area contributed by atoms with Crippen molar-refractivity contribution in [1.82, 2.24) is 15.1 Å². The maximum atomic E-state index is 11.9. The van der Waals surface area contributed by atoms with Crippen LogP contribution < -0.4 is 5.32 Å². The fourth-order valence-electron chi connectivity index (χ4n) is 2.16. The summed E-state index contributed by atoms with van der Waals surface area (Å²) in [5, 5.41) is 7.60. The number of ether oxygens (including phenoxy) is 1. The topological polar surface area (TPSA) is 56.2 Å². The summed E-state index contributed by atoms with van der Waals surface area (Å²) < 4.78 is 7.17. The minimum atomic E-state index is -0.429. The molecule has 5 heteroatoms. The van der Waals surface area contributed by atoms with Gasteiger partial charge in [0.1, 0.15) is 11.6 Å². The molecule has 100 valence electrons. The highest BCUT2D eigenvalue weighted by molar-refractivity contribution is 5.76. The average Bonchev–Trinajstić information content (AvgIpc) is 2.82. The van der Waals surface area contributed by atoms with Gasteiger partial charge in [0.05, 0.1) is 5.69 Å². The van der Waals surface area contributed by atoms with Crippen LogP contribution in [0.15, 0.2) is 12.3 Å². The van der Waals surface area contributed by atoms with Crippen molar-refractivity contribution in [2.24, 2.45) is 7.05 Å². The lowest BCUT2D eigenvalue weighted by molar-refractivity contribution is -0.157. The Labute approximate surface area is 108 Å². The molecule has 0 aliphatic carbocycles. The van der Waals surface area contributed by atoms with Crippen LogP contribution >= 0.6 is 0 Å². The van der Waals surface area contributed by atoms with Gasteiger partial charge in [-0.05, 0) is 33.3 Å². The number of aromatic nitrogens is 2. The number of nitrogens with zero attached hydrogens (tertiary/aromatic N) is 2. The van der Waals surface area contributed by atoms with Gasteiger partial charge in [-0.25, -0.2) is 0 Å². The van der Waals surface area contributed by atoms with Crippen LogP contribution in [0.25, 0.3) is 0 Å². The molecule has 1 aliphatic rings. The number of carbonyl (C=O) groups is 1. The normalized spacial score (nSPS) is 24.2. The summed E-state index contributed by atoms with van der Waals surface area (Å²) in [6.07, 6.45) is 2.68. The summed E-state index contributed by atoms with van der Waals surface area (Å²) in [5.41, 5.74) is 0.609. The molecule has 1 aliphatic heterocycles. The van der Waals surface area contributed by atoms with Crippen LogP contribution in [0, 0.1) is 0 Å². The quantitative estimate of drug-likeness (QED) is 0.803. The highest BCUT2D eigenvalue weighted by Gasteiger charge is 2.34. The average molecular weight is 251 g/mol. The molecule has 0 bridgehead atoms. The first-order valence-electron chi connectivity index (χ1n) is 6.31. The maximum Gasteiger partial charge on any atom is 0.323 e. The molecule has 0 amide bonds. The van der Waals surface area contributed by atoms with Gasteiger partial charge in [0, 0.05) is 25.7 Å². The third kappa shape index (κ3) is 3.10. The van der Waals surface area contributed by atoms with Crippen molar-refractivity contribution >= 4 is 5.97 Å². The van der Waals surface area contributed by atoms with Crippen LogP contribution in [0.2, 0.25) is 0 Å². The van der Waals surface area contributed by atoms with Crippen molar-refractivity contribution in [3.8, 4) is 0 Å². The van der Waals surface area contributed by atoms with E-state index in [-0.39, 0.29) is 12.0 Å². The van der Waals surface area contributed by atoms with E-state index in [4.69, 9.17) is 4.74 Å². The molecule has 0 radical (unpaired) electrons. The molecular formula is C13H21N3O2. The highest BCUT2D eigenvalue weighted by atomic mass is 16.6. The summed E-state index contributed by atoms with van der Waals surface area (Å²) in [4.78, 5) is 11.9. The van der Waals surface area contributed by atoms with Crippen molar-refractivity contribution in [1.29, 1.82) is 0 Å². The number of rotatable bonds is 2. The molecule has 1 aromatic heterocycles. The lowest BCUT2D eigenvalue weighted by atomic mass is 10.0. The number of carbonyl (C=O) groups excluding carboxylic acids is 1. The van der Waals surface area contributed by atoms with Gasteiger partial charge in [-0.3, -0.25) is 9.48 Å². The van der Waals surface area contributed by atoms with Gasteiger partial charge < -0.3 is 10.1 Å². The Kier molecular flexibility index (Phi) is 3.43. The molecule has 1 saturated heterocycles. The third-order valence-electron chi connectivity index (χ3n) is 2.97. The molecule has 18 heavy (non-hydrogen) atoms. The summed E-state index contributed by atoms with van der Waals surface area (Å²) in [5.74, 6) is 0.129. The Bertz CT molecular complexity index is 434. The highest BCUT2D eigenvalue weighted by Crippen LogP contribution is 2.25. The van der Waals surface area contributed by atoms with E-state index >= 15 is 0 Å².